The summed E-state index contributed by atoms with van der Waals surface area (Å²) in [6, 6.07) is 19.8. The van der Waals surface area contributed by atoms with E-state index in [2.05, 4.69) is 19.8 Å². The van der Waals surface area contributed by atoms with E-state index in [0.717, 1.165) is 22.3 Å². The minimum atomic E-state index is -3.80. The first-order valence-corrected chi connectivity index (χ1v) is 29.4. The van der Waals surface area contributed by atoms with E-state index >= 15 is 0 Å². The van der Waals surface area contributed by atoms with Crippen molar-refractivity contribution in [3.63, 3.8) is 0 Å². The Morgan fingerprint density at radius 3 is 1.52 bits per heavy atom. The van der Waals surface area contributed by atoms with E-state index in [0.29, 0.717) is 57.3 Å². The summed E-state index contributed by atoms with van der Waals surface area (Å²) >= 11 is 25.6. The topological polar surface area (TPSA) is 188 Å². The second kappa shape index (κ2) is 27.8. The standard InChI is InChI=1S/C53H68Cl4N4O12S2/c1-53(2,49(62)9-7-20-68-24-27-71-23-19-59-75(66,67)40-16-12-38(13-17-40)73-51-44-30-36(55)32-46(57)42(44)34-48(51)61(5)6)52(63)58-18-22-70-26-25-69-21-8-28-74(64,65)39-14-10-37(11-15-39)72-50-43-29-35(54)31-45(56)41(43)33-47(50)60(3)4/h10-17,29-32,47-48,50-51,59H,7-9,18-28,33-34H2,1-6H3,(H,58,63)/t47-,48-,50-,51-/m0/s1. The van der Waals surface area contributed by atoms with Crippen LogP contribution in [0.1, 0.15) is 67.6 Å². The summed E-state index contributed by atoms with van der Waals surface area (Å²) in [5, 5.41) is 4.98. The van der Waals surface area contributed by atoms with E-state index in [1.807, 2.05) is 40.3 Å². The average Bonchev–Trinajstić information content (AvgIpc) is 3.91. The van der Waals surface area contributed by atoms with Gasteiger partial charge in [0.2, 0.25) is 15.9 Å². The number of ketones is 1. The van der Waals surface area contributed by atoms with Crippen LogP contribution in [-0.2, 0) is 61.2 Å². The number of halogens is 4. The third kappa shape index (κ3) is 16.7. The Morgan fingerprint density at radius 2 is 1.04 bits per heavy atom. The molecular weight excluding hydrogens is 1090 g/mol. The molecular formula is C53H68Cl4N4O12S2. The van der Waals surface area contributed by atoms with Crippen molar-refractivity contribution in [2.24, 2.45) is 5.41 Å². The number of carbonyl (C=O) groups is 2. The first kappa shape index (κ1) is 60.6. The van der Waals surface area contributed by atoms with E-state index in [4.69, 9.17) is 74.8 Å². The van der Waals surface area contributed by atoms with Crippen molar-refractivity contribution >= 4 is 78.0 Å². The second-order valence-electron chi connectivity index (χ2n) is 19.3. The summed E-state index contributed by atoms with van der Waals surface area (Å²) in [7, 11) is 0.522. The zero-order valence-corrected chi connectivity index (χ0v) is 47.8. The number of nitrogens with one attached hydrogen (secondary N) is 2. The van der Waals surface area contributed by atoms with Crippen molar-refractivity contribution < 1.29 is 54.8 Å². The molecule has 412 valence electrons. The number of sulfone groups is 1. The molecule has 6 rings (SSSR count). The van der Waals surface area contributed by atoms with Crippen LogP contribution < -0.4 is 19.5 Å². The highest BCUT2D eigenvalue weighted by Gasteiger charge is 2.39. The van der Waals surface area contributed by atoms with Crippen LogP contribution in [0.15, 0.2) is 82.6 Å². The Balaban J connectivity index is 0.761. The molecule has 2 N–H and O–H groups in total. The molecule has 0 fully saturated rings. The normalized spacial score (nSPS) is 17.6. The van der Waals surface area contributed by atoms with Crippen molar-refractivity contribution in [2.45, 2.75) is 80.0 Å². The highest BCUT2D eigenvalue weighted by molar-refractivity contribution is 7.91. The molecule has 0 aromatic heterocycles. The van der Waals surface area contributed by atoms with Gasteiger partial charge < -0.3 is 43.5 Å². The zero-order valence-electron chi connectivity index (χ0n) is 43.2. The molecule has 75 heavy (non-hydrogen) atoms. The maximum atomic E-state index is 13.0. The SMILES string of the molecule is CN(C)[C@H]1Cc2c(Cl)cc(Cl)cc2[C@@H]1Oc1ccc(S(=O)(=O)CCCOCCOCCNC(=O)C(C)(C)C(=O)CCCOCCOCCNS(=O)(=O)c2ccc(O[C@H]3c4cc(Cl)cc(Cl)c4C[C@@H]3N(C)C)cc2)cc1. The van der Waals surface area contributed by atoms with Gasteiger partial charge in [-0.05, 0) is 152 Å². The Morgan fingerprint density at radius 1 is 0.600 bits per heavy atom. The van der Waals surface area contributed by atoms with Crippen LogP contribution >= 0.6 is 46.4 Å². The molecule has 0 saturated carbocycles. The van der Waals surface area contributed by atoms with Gasteiger partial charge in [-0.1, -0.05) is 46.4 Å². The highest BCUT2D eigenvalue weighted by Crippen LogP contribution is 2.44. The number of ether oxygens (including phenoxy) is 6. The Hall–Kier alpha value is -3.60. The second-order valence-corrected chi connectivity index (χ2v) is 24.9. The van der Waals surface area contributed by atoms with E-state index < -0.39 is 31.2 Å². The minimum absolute atomic E-state index is 0.0130. The van der Waals surface area contributed by atoms with Crippen molar-refractivity contribution in [1.29, 1.82) is 0 Å². The largest absolute Gasteiger partial charge is 0.484 e. The molecule has 0 radical (unpaired) electrons. The first-order valence-electron chi connectivity index (χ1n) is 24.8. The number of sulfonamides is 1. The van der Waals surface area contributed by atoms with E-state index in [9.17, 15) is 26.4 Å². The lowest BCUT2D eigenvalue weighted by Gasteiger charge is -2.27. The van der Waals surface area contributed by atoms with Gasteiger partial charge in [-0.15, -0.1) is 0 Å². The van der Waals surface area contributed by atoms with Gasteiger partial charge in [0.05, 0.1) is 67.3 Å². The van der Waals surface area contributed by atoms with Gasteiger partial charge in [0, 0.05) is 63.9 Å². The van der Waals surface area contributed by atoms with Crippen LogP contribution in [-0.4, -0.2) is 150 Å². The molecule has 0 spiro atoms. The molecule has 16 nitrogen and oxygen atoms in total. The minimum Gasteiger partial charge on any atom is -0.484 e. The van der Waals surface area contributed by atoms with Gasteiger partial charge in [0.15, 0.2) is 9.84 Å². The van der Waals surface area contributed by atoms with Crippen LogP contribution in [0.4, 0.5) is 0 Å². The molecule has 0 unspecified atom stereocenters. The number of hydrogen-bond acceptors (Lipinski definition) is 14. The molecule has 4 atom stereocenters. The number of Topliss-reactive ketones (excluding diaryl/α,β-unsaturated/α-hetero) is 1. The predicted octanol–water partition coefficient (Wildman–Crippen LogP) is 8.21. The lowest BCUT2D eigenvalue weighted by Crippen LogP contribution is -2.43. The van der Waals surface area contributed by atoms with Crippen molar-refractivity contribution in [2.75, 3.05) is 99.9 Å². The molecule has 1 amide bonds. The Kier molecular flexibility index (Phi) is 22.5. The van der Waals surface area contributed by atoms with E-state index in [1.165, 1.54) is 12.1 Å². The zero-order chi connectivity index (χ0) is 54.5. The van der Waals surface area contributed by atoms with Gasteiger partial charge in [0.25, 0.3) is 0 Å². The molecule has 4 aromatic carbocycles. The summed E-state index contributed by atoms with van der Waals surface area (Å²) in [5.41, 5.74) is 2.56. The Bertz CT molecular complexity index is 2600. The maximum absolute atomic E-state index is 13.0. The highest BCUT2D eigenvalue weighted by atomic mass is 35.5. The van der Waals surface area contributed by atoms with Crippen molar-refractivity contribution in [1.82, 2.24) is 19.8 Å². The fourth-order valence-electron chi connectivity index (χ4n) is 8.81. The maximum Gasteiger partial charge on any atom is 0.240 e. The van der Waals surface area contributed by atoms with Gasteiger partial charge in [-0.3, -0.25) is 9.59 Å². The van der Waals surface area contributed by atoms with E-state index in [-0.39, 0.29) is 118 Å². The lowest BCUT2D eigenvalue weighted by molar-refractivity contribution is -0.140. The fraction of sp³-hybridized carbons (Fsp3) is 0.509. The number of hydrogen-bond donors (Lipinski definition) is 2. The van der Waals surface area contributed by atoms with Crippen LogP contribution in [0.5, 0.6) is 11.5 Å². The number of benzene rings is 4. The van der Waals surface area contributed by atoms with Crippen LogP contribution in [0.3, 0.4) is 0 Å². The fourth-order valence-corrected chi connectivity index (χ4v) is 12.3. The number of fused-ring (bicyclic) bond motifs is 2. The van der Waals surface area contributed by atoms with E-state index in [1.54, 1.807) is 62.4 Å². The summed E-state index contributed by atoms with van der Waals surface area (Å²) in [6.45, 7) is 5.16. The Labute approximate surface area is 461 Å². The van der Waals surface area contributed by atoms with Crippen LogP contribution in [0.2, 0.25) is 20.1 Å². The summed E-state index contributed by atoms with van der Waals surface area (Å²) < 4.78 is 89.5. The summed E-state index contributed by atoms with van der Waals surface area (Å²) in [4.78, 5) is 30.2. The van der Waals surface area contributed by atoms with Crippen molar-refractivity contribution in [3.8, 4) is 11.5 Å². The average molecular weight is 1160 g/mol. The van der Waals surface area contributed by atoms with Crippen molar-refractivity contribution in [3.05, 3.63) is 115 Å². The molecule has 22 heteroatoms. The van der Waals surface area contributed by atoms with Crippen LogP contribution in [0.25, 0.3) is 0 Å². The smallest absolute Gasteiger partial charge is 0.240 e. The monoisotopic (exact) mass is 1160 g/mol. The van der Waals surface area contributed by atoms with Gasteiger partial charge >= 0.3 is 0 Å². The van der Waals surface area contributed by atoms with Crippen LogP contribution in [0, 0.1) is 5.41 Å². The molecule has 2 aliphatic rings. The first-order chi connectivity index (χ1) is 35.6. The summed E-state index contributed by atoms with van der Waals surface area (Å²) in [6.07, 6.45) is 1.57. The third-order valence-electron chi connectivity index (χ3n) is 13.2. The molecule has 0 bridgehead atoms. The number of nitrogens with zero attached hydrogens (tertiary/aromatic N) is 2. The third-order valence-corrected chi connectivity index (χ3v) is 17.6. The summed E-state index contributed by atoms with van der Waals surface area (Å²) in [5.74, 6) is 0.302. The number of likely N-dealkylation sites (N-methyl/N-ethyl adjacent to an activating group) is 2. The number of carbonyl (C=O) groups excluding carboxylic acids is 2. The number of rotatable bonds is 31. The molecule has 0 saturated heterocycles. The van der Waals surface area contributed by atoms with Gasteiger partial charge in [-0.2, -0.15) is 0 Å². The molecule has 0 aliphatic heterocycles. The predicted molar refractivity (Wildman–Crippen MR) is 291 cm³/mol. The lowest BCUT2D eigenvalue weighted by atomic mass is 9.85. The molecule has 0 heterocycles. The molecule has 4 aromatic rings. The van der Waals surface area contributed by atoms with Gasteiger partial charge in [-0.25, -0.2) is 21.6 Å². The number of amides is 1. The quantitative estimate of drug-likeness (QED) is 0.0362. The van der Waals surface area contributed by atoms with Gasteiger partial charge in [0.1, 0.15) is 34.9 Å². The molecule has 2 aliphatic carbocycles.